The van der Waals surface area contributed by atoms with Crippen molar-refractivity contribution in [1.82, 2.24) is 15.1 Å². The lowest BCUT2D eigenvalue weighted by atomic mass is 10.1. The fourth-order valence-electron chi connectivity index (χ4n) is 2.65. The Kier molecular flexibility index (Phi) is 5.41. The Bertz CT molecular complexity index is 987. The summed E-state index contributed by atoms with van der Waals surface area (Å²) in [5.74, 6) is 0.239. The predicted molar refractivity (Wildman–Crippen MR) is 99.3 cm³/mol. The number of alkyl carbamates (subject to hydrolysis) is 1. The van der Waals surface area contributed by atoms with Gasteiger partial charge in [-0.25, -0.2) is 9.48 Å². The van der Waals surface area contributed by atoms with Crippen LogP contribution in [0.2, 0.25) is 0 Å². The van der Waals surface area contributed by atoms with Crippen molar-refractivity contribution >= 4 is 6.09 Å². The van der Waals surface area contributed by atoms with Gasteiger partial charge in [-0.05, 0) is 44.5 Å². The number of hydrogen-bond donors (Lipinski definition) is 1. The van der Waals surface area contributed by atoms with E-state index in [0.717, 1.165) is 10.7 Å². The van der Waals surface area contributed by atoms with Crippen LogP contribution in [0.15, 0.2) is 53.1 Å². The minimum Gasteiger partial charge on any atom is -0.463 e. The number of amides is 1. The number of furan rings is 1. The Balaban J connectivity index is 1.97. The van der Waals surface area contributed by atoms with Crippen molar-refractivity contribution in [3.63, 3.8) is 0 Å². The van der Waals surface area contributed by atoms with E-state index in [2.05, 4.69) is 10.4 Å². The summed E-state index contributed by atoms with van der Waals surface area (Å²) in [7, 11) is 0. The summed E-state index contributed by atoms with van der Waals surface area (Å²) in [6.07, 6.45) is -3.87. The fourth-order valence-corrected chi connectivity index (χ4v) is 2.65. The molecular weight excluding hydrogens is 387 g/mol. The Morgan fingerprint density at radius 2 is 1.90 bits per heavy atom. The lowest BCUT2D eigenvalue weighted by Gasteiger charge is -2.20. The van der Waals surface area contributed by atoms with E-state index in [1.807, 2.05) is 0 Å². The van der Waals surface area contributed by atoms with Gasteiger partial charge in [-0.3, -0.25) is 0 Å². The van der Waals surface area contributed by atoms with Gasteiger partial charge in [0.05, 0.1) is 12.0 Å². The molecule has 3 rings (SSSR count). The van der Waals surface area contributed by atoms with Gasteiger partial charge in [-0.1, -0.05) is 18.2 Å². The molecule has 0 unspecified atom stereocenters. The third-order valence-corrected chi connectivity index (χ3v) is 3.82. The van der Waals surface area contributed by atoms with Crippen LogP contribution in [-0.4, -0.2) is 21.5 Å². The van der Waals surface area contributed by atoms with E-state index < -0.39 is 23.6 Å². The molecule has 0 bridgehead atoms. The van der Waals surface area contributed by atoms with E-state index in [1.54, 1.807) is 57.2 Å². The monoisotopic (exact) mass is 407 g/mol. The molecule has 1 amide bonds. The van der Waals surface area contributed by atoms with Crippen LogP contribution >= 0.6 is 0 Å². The van der Waals surface area contributed by atoms with Gasteiger partial charge < -0.3 is 14.5 Å². The highest BCUT2D eigenvalue weighted by atomic mass is 19.4. The van der Waals surface area contributed by atoms with Crippen LogP contribution in [0.5, 0.6) is 0 Å². The zero-order valence-corrected chi connectivity index (χ0v) is 16.1. The molecule has 154 valence electrons. The summed E-state index contributed by atoms with van der Waals surface area (Å²) in [5.41, 5.74) is -0.626. The van der Waals surface area contributed by atoms with E-state index >= 15 is 0 Å². The number of nitrogens with zero attached hydrogens (tertiary/aromatic N) is 2. The number of aromatic nitrogens is 2. The Hall–Kier alpha value is -3.23. The minimum absolute atomic E-state index is 0.0455. The second kappa shape index (κ2) is 7.65. The third-order valence-electron chi connectivity index (χ3n) is 3.82. The van der Waals surface area contributed by atoms with Gasteiger partial charge in [0.2, 0.25) is 0 Å². The van der Waals surface area contributed by atoms with Crippen molar-refractivity contribution in [3.8, 4) is 17.1 Å². The third kappa shape index (κ3) is 4.98. The van der Waals surface area contributed by atoms with Gasteiger partial charge >= 0.3 is 12.3 Å². The molecule has 1 N–H and O–H groups in total. The van der Waals surface area contributed by atoms with Crippen LogP contribution in [0.4, 0.5) is 18.0 Å². The molecule has 9 heteroatoms. The van der Waals surface area contributed by atoms with E-state index in [4.69, 9.17) is 9.15 Å². The van der Waals surface area contributed by atoms with Gasteiger partial charge in [0.25, 0.3) is 0 Å². The lowest BCUT2D eigenvalue weighted by molar-refractivity contribution is -0.141. The first kappa shape index (κ1) is 20.5. The van der Waals surface area contributed by atoms with Crippen molar-refractivity contribution in [2.75, 3.05) is 0 Å². The molecule has 6 nitrogen and oxygen atoms in total. The van der Waals surface area contributed by atoms with Crippen LogP contribution in [0.1, 0.15) is 32.0 Å². The molecule has 0 aliphatic carbocycles. The van der Waals surface area contributed by atoms with Crippen molar-refractivity contribution in [2.45, 2.75) is 39.1 Å². The largest absolute Gasteiger partial charge is 0.463 e. The summed E-state index contributed by atoms with van der Waals surface area (Å²) in [4.78, 5) is 11.9. The number of benzene rings is 1. The number of carbonyl (C=O) groups is 1. The van der Waals surface area contributed by atoms with Crippen LogP contribution in [0.25, 0.3) is 17.1 Å². The Morgan fingerprint density at radius 1 is 1.17 bits per heavy atom. The van der Waals surface area contributed by atoms with Gasteiger partial charge in [-0.15, -0.1) is 0 Å². The van der Waals surface area contributed by atoms with Crippen molar-refractivity contribution in [3.05, 3.63) is 60.0 Å². The molecule has 0 aliphatic heterocycles. The van der Waals surface area contributed by atoms with E-state index in [1.165, 1.54) is 6.26 Å². The molecule has 0 fully saturated rings. The molecule has 29 heavy (non-hydrogen) atoms. The summed E-state index contributed by atoms with van der Waals surface area (Å²) in [6.45, 7) is 5.25. The van der Waals surface area contributed by atoms with Crippen molar-refractivity contribution in [1.29, 1.82) is 0 Å². The number of nitrogens with one attached hydrogen (secondary N) is 1. The van der Waals surface area contributed by atoms with Gasteiger partial charge in [-0.2, -0.15) is 18.3 Å². The van der Waals surface area contributed by atoms with Gasteiger partial charge in [0.1, 0.15) is 11.3 Å². The molecule has 0 saturated carbocycles. The minimum atomic E-state index is -4.61. The normalized spacial score (nSPS) is 12.1. The number of para-hydroxylation sites is 1. The molecule has 2 heterocycles. The van der Waals surface area contributed by atoms with Gasteiger partial charge in [0, 0.05) is 12.6 Å². The highest BCUT2D eigenvalue weighted by Gasteiger charge is 2.36. The topological polar surface area (TPSA) is 69.3 Å². The molecule has 1 aromatic carbocycles. The van der Waals surface area contributed by atoms with Crippen molar-refractivity contribution in [2.24, 2.45) is 0 Å². The maximum Gasteiger partial charge on any atom is 0.435 e. The first-order valence-electron chi connectivity index (χ1n) is 8.81. The number of hydrogen-bond acceptors (Lipinski definition) is 4. The second-order valence-electron chi connectivity index (χ2n) is 7.29. The molecule has 0 aliphatic rings. The number of rotatable bonds is 4. The molecule has 0 saturated heterocycles. The number of ether oxygens (including phenoxy) is 1. The SMILES string of the molecule is CC(C)(C)OC(=O)NCc1ccccc1-n1nc(C(F)(F)F)cc1-c1ccco1. The van der Waals surface area contributed by atoms with Crippen LogP contribution in [0.3, 0.4) is 0 Å². The highest BCUT2D eigenvalue weighted by Crippen LogP contribution is 2.34. The van der Waals surface area contributed by atoms with Crippen LogP contribution < -0.4 is 5.32 Å². The standard InChI is InChI=1S/C20H20F3N3O3/c1-19(2,3)29-18(27)24-12-13-7-4-5-8-14(13)26-15(16-9-6-10-28-16)11-17(25-26)20(21,22)23/h4-11H,12H2,1-3H3,(H,24,27). The summed E-state index contributed by atoms with van der Waals surface area (Å²) < 4.78 is 51.5. The molecule has 0 radical (unpaired) electrons. The summed E-state index contributed by atoms with van der Waals surface area (Å²) in [5, 5.41) is 6.35. The quantitative estimate of drug-likeness (QED) is 0.647. The number of halogens is 3. The maximum absolute atomic E-state index is 13.3. The highest BCUT2D eigenvalue weighted by molar-refractivity contribution is 5.68. The number of carbonyl (C=O) groups excluding carboxylic acids is 1. The number of alkyl halides is 3. The summed E-state index contributed by atoms with van der Waals surface area (Å²) in [6, 6.07) is 10.8. The average molecular weight is 407 g/mol. The smallest absolute Gasteiger partial charge is 0.435 e. The zero-order valence-electron chi connectivity index (χ0n) is 16.1. The Morgan fingerprint density at radius 3 is 2.52 bits per heavy atom. The predicted octanol–water partition coefficient (Wildman–Crippen LogP) is 5.18. The first-order valence-corrected chi connectivity index (χ1v) is 8.81. The molecule has 0 spiro atoms. The fraction of sp³-hybridized carbons (Fsp3) is 0.300. The van der Waals surface area contributed by atoms with E-state index in [0.29, 0.717) is 11.3 Å². The van der Waals surface area contributed by atoms with E-state index in [9.17, 15) is 18.0 Å². The maximum atomic E-state index is 13.3. The summed E-state index contributed by atoms with van der Waals surface area (Å²) >= 11 is 0. The second-order valence-corrected chi connectivity index (χ2v) is 7.29. The van der Waals surface area contributed by atoms with Crippen LogP contribution in [0, 0.1) is 0 Å². The Labute approximate surface area is 165 Å². The molecule has 2 aromatic heterocycles. The average Bonchev–Trinajstić information content (AvgIpc) is 3.27. The van der Waals surface area contributed by atoms with E-state index in [-0.39, 0.29) is 18.0 Å². The molecular formula is C20H20F3N3O3. The van der Waals surface area contributed by atoms with Crippen molar-refractivity contribution < 1.29 is 27.1 Å². The van der Waals surface area contributed by atoms with Crippen LogP contribution in [-0.2, 0) is 17.5 Å². The molecule has 3 aromatic rings. The lowest BCUT2D eigenvalue weighted by Crippen LogP contribution is -2.32. The van der Waals surface area contributed by atoms with Gasteiger partial charge in [0.15, 0.2) is 11.5 Å². The zero-order chi connectivity index (χ0) is 21.2. The first-order chi connectivity index (χ1) is 13.5. The molecule has 0 atom stereocenters.